The van der Waals surface area contributed by atoms with Crippen LogP contribution < -0.4 is 27.0 Å². The van der Waals surface area contributed by atoms with Crippen molar-refractivity contribution >= 4 is 35.6 Å². The van der Waals surface area contributed by atoms with E-state index in [0.29, 0.717) is 25.8 Å². The number of rotatable bonds is 11. The summed E-state index contributed by atoms with van der Waals surface area (Å²) in [5.74, 6) is -2.62. The van der Waals surface area contributed by atoms with E-state index in [9.17, 15) is 28.8 Å². The molecular formula is C35H58N6O7. The summed E-state index contributed by atoms with van der Waals surface area (Å²) in [4.78, 5) is 80.6. The lowest BCUT2D eigenvalue weighted by molar-refractivity contribution is -0.145. The van der Waals surface area contributed by atoms with Crippen LogP contribution >= 0.6 is 0 Å². The molecule has 6 amide bonds. The van der Waals surface area contributed by atoms with Gasteiger partial charge in [0.15, 0.2) is 0 Å². The summed E-state index contributed by atoms with van der Waals surface area (Å²) in [5.41, 5.74) is 3.06. The number of likely N-dealkylation sites (tertiary alicyclic amines) is 1. The van der Waals surface area contributed by atoms with Gasteiger partial charge in [-0.1, -0.05) is 73.1 Å². The number of Topliss-reactive ketones (excluding diaryl/α,β-unsaturated/α-hetero) is 1. The summed E-state index contributed by atoms with van der Waals surface area (Å²) in [7, 11) is 0. The molecule has 4 fully saturated rings. The van der Waals surface area contributed by atoms with Crippen molar-refractivity contribution in [2.75, 3.05) is 13.1 Å². The van der Waals surface area contributed by atoms with Crippen LogP contribution in [0.2, 0.25) is 0 Å². The van der Waals surface area contributed by atoms with Gasteiger partial charge in [-0.2, -0.15) is 0 Å². The van der Waals surface area contributed by atoms with Crippen molar-refractivity contribution in [3.8, 4) is 0 Å². The number of hydrogen-bond donors (Lipinski definition) is 5. The fourth-order valence-corrected chi connectivity index (χ4v) is 7.89. The first-order valence-electron chi connectivity index (χ1n) is 17.7. The molecule has 5 atom stereocenters. The Morgan fingerprint density at radius 2 is 1.54 bits per heavy atom. The van der Waals surface area contributed by atoms with E-state index in [4.69, 9.17) is 10.5 Å². The summed E-state index contributed by atoms with van der Waals surface area (Å²) in [6, 6.07) is -3.42. The molecule has 1 heterocycles. The predicted molar refractivity (Wildman–Crippen MR) is 179 cm³/mol. The summed E-state index contributed by atoms with van der Waals surface area (Å²) < 4.78 is 5.41. The molecule has 4 aliphatic rings. The number of carbonyl (C=O) groups is 6. The molecule has 13 heteroatoms. The number of fused-ring (bicyclic) bond motifs is 1. The molecule has 0 aromatic rings. The Hall–Kier alpha value is -3.38. The van der Waals surface area contributed by atoms with Gasteiger partial charge in [-0.3, -0.25) is 19.2 Å². The lowest BCUT2D eigenvalue weighted by Gasteiger charge is -2.41. The average molecular weight is 675 g/mol. The van der Waals surface area contributed by atoms with Gasteiger partial charge in [-0.15, -0.1) is 0 Å². The van der Waals surface area contributed by atoms with Crippen molar-refractivity contribution in [2.24, 2.45) is 34.3 Å². The molecule has 3 saturated carbocycles. The second-order valence-corrected chi connectivity index (χ2v) is 17.3. The van der Waals surface area contributed by atoms with Crippen LogP contribution in [0.15, 0.2) is 0 Å². The molecule has 3 aliphatic carbocycles. The number of amides is 6. The first-order valence-corrected chi connectivity index (χ1v) is 17.7. The Morgan fingerprint density at radius 1 is 0.917 bits per heavy atom. The number of primary amides is 1. The highest BCUT2D eigenvalue weighted by Gasteiger charge is 2.70. The van der Waals surface area contributed by atoms with E-state index < -0.39 is 64.4 Å². The molecule has 1 saturated heterocycles. The van der Waals surface area contributed by atoms with E-state index in [1.807, 2.05) is 20.8 Å². The van der Waals surface area contributed by atoms with Crippen molar-refractivity contribution in [2.45, 2.75) is 142 Å². The minimum atomic E-state index is -1.09. The number of urea groups is 1. The van der Waals surface area contributed by atoms with Gasteiger partial charge >= 0.3 is 12.1 Å². The zero-order valence-corrected chi connectivity index (χ0v) is 30.1. The molecule has 270 valence electrons. The minimum Gasteiger partial charge on any atom is -0.444 e. The highest BCUT2D eigenvalue weighted by Crippen LogP contribution is 2.65. The number of nitrogens with one attached hydrogen (secondary N) is 4. The largest absolute Gasteiger partial charge is 0.444 e. The van der Waals surface area contributed by atoms with Gasteiger partial charge in [-0.05, 0) is 68.6 Å². The fourth-order valence-electron chi connectivity index (χ4n) is 7.89. The molecule has 13 nitrogen and oxygen atoms in total. The van der Waals surface area contributed by atoms with E-state index in [2.05, 4.69) is 35.1 Å². The maximum Gasteiger partial charge on any atom is 0.407 e. The van der Waals surface area contributed by atoms with Gasteiger partial charge in [0.25, 0.3) is 5.91 Å². The van der Waals surface area contributed by atoms with Crippen LogP contribution in [-0.4, -0.2) is 82.9 Å². The number of nitrogens with two attached hydrogens (primary N) is 1. The summed E-state index contributed by atoms with van der Waals surface area (Å²) in [6.45, 7) is 15.6. The standard InChI is InChI=1S/C35H58N6O7/c1-32(2,3)26(39-30(46)40-35(15-10-9-11-16-35)19-37-31(47)48-33(4,5)6)29(45)41-18-21-23(34(21,7)8)24(41)28(44)38-22(25(42)27(36)43)17-20-13-12-14-20/h20-24,26H,9-19H2,1-8H3,(H2,36,43)(H,37,47)(H,38,44)(H2,39,40,46)/t21-,22?,23-,24-,26+/m0/s1. The molecule has 1 unspecified atom stereocenters. The Bertz CT molecular complexity index is 1270. The summed E-state index contributed by atoms with van der Waals surface area (Å²) >= 11 is 0. The Morgan fingerprint density at radius 3 is 2.06 bits per heavy atom. The van der Waals surface area contributed by atoms with Gasteiger partial charge < -0.3 is 36.6 Å². The van der Waals surface area contributed by atoms with Crippen LogP contribution in [0.5, 0.6) is 0 Å². The Labute approximate surface area is 285 Å². The number of nitrogens with zero attached hydrogens (tertiary/aromatic N) is 1. The van der Waals surface area contributed by atoms with Crippen LogP contribution in [0.25, 0.3) is 0 Å². The SMILES string of the molecule is CC(C)(C)OC(=O)NCC1(NC(=O)N[C@H](C(=O)N2C[C@H]3[C@@H]([C@H]2C(=O)NC(CC2CCC2)C(=O)C(N)=O)C3(C)C)C(C)(C)C)CCCCC1. The number of ketones is 1. The highest BCUT2D eigenvalue weighted by atomic mass is 16.6. The number of hydrogen-bond acceptors (Lipinski definition) is 7. The van der Waals surface area contributed by atoms with Crippen molar-refractivity contribution in [1.82, 2.24) is 26.2 Å². The average Bonchev–Trinajstić information content (AvgIpc) is 3.25. The molecule has 48 heavy (non-hydrogen) atoms. The van der Waals surface area contributed by atoms with Gasteiger partial charge in [-0.25, -0.2) is 9.59 Å². The lowest BCUT2D eigenvalue weighted by atomic mass is 9.80. The molecule has 4 rings (SSSR count). The maximum atomic E-state index is 14.4. The number of ether oxygens (including phenoxy) is 1. The fraction of sp³-hybridized carbons (Fsp3) is 0.829. The molecule has 6 N–H and O–H groups in total. The van der Waals surface area contributed by atoms with Crippen LogP contribution in [0.1, 0.15) is 113 Å². The zero-order chi connectivity index (χ0) is 35.8. The van der Waals surface area contributed by atoms with E-state index in [-0.39, 0.29) is 35.6 Å². The van der Waals surface area contributed by atoms with Gasteiger partial charge in [0.05, 0.1) is 11.6 Å². The van der Waals surface area contributed by atoms with E-state index in [0.717, 1.165) is 38.5 Å². The van der Waals surface area contributed by atoms with E-state index >= 15 is 0 Å². The Balaban J connectivity index is 1.50. The van der Waals surface area contributed by atoms with Gasteiger partial charge in [0, 0.05) is 13.1 Å². The zero-order valence-electron chi connectivity index (χ0n) is 30.1. The van der Waals surface area contributed by atoms with E-state index in [1.165, 1.54) is 0 Å². The van der Waals surface area contributed by atoms with E-state index in [1.54, 1.807) is 25.7 Å². The smallest absolute Gasteiger partial charge is 0.407 e. The van der Waals surface area contributed by atoms with Gasteiger partial charge in [0.2, 0.25) is 17.6 Å². The normalized spacial score (nSPS) is 25.8. The van der Waals surface area contributed by atoms with Crippen LogP contribution in [0.4, 0.5) is 9.59 Å². The first kappa shape index (κ1) is 37.4. The maximum absolute atomic E-state index is 14.4. The second-order valence-electron chi connectivity index (χ2n) is 17.3. The predicted octanol–water partition coefficient (Wildman–Crippen LogP) is 3.14. The molecule has 0 aromatic heterocycles. The molecule has 0 aromatic carbocycles. The molecular weight excluding hydrogens is 616 g/mol. The highest BCUT2D eigenvalue weighted by molar-refractivity contribution is 6.37. The van der Waals surface area contributed by atoms with Gasteiger partial charge in [0.1, 0.15) is 17.7 Å². The number of piperidine rings is 1. The monoisotopic (exact) mass is 674 g/mol. The van der Waals surface area contributed by atoms with Crippen molar-refractivity contribution in [3.05, 3.63) is 0 Å². The molecule has 0 spiro atoms. The van der Waals surface area contributed by atoms with Crippen LogP contribution in [0.3, 0.4) is 0 Å². The van der Waals surface area contributed by atoms with Crippen LogP contribution in [0, 0.1) is 28.6 Å². The third kappa shape index (κ3) is 8.61. The topological polar surface area (TPSA) is 189 Å². The quantitative estimate of drug-likeness (QED) is 0.208. The summed E-state index contributed by atoms with van der Waals surface area (Å²) in [5, 5.41) is 11.6. The van der Waals surface area contributed by atoms with Crippen molar-refractivity contribution < 1.29 is 33.5 Å². The lowest BCUT2D eigenvalue weighted by Crippen LogP contribution is -2.64. The number of carbonyl (C=O) groups excluding carboxylic acids is 6. The van der Waals surface area contributed by atoms with Crippen molar-refractivity contribution in [1.29, 1.82) is 0 Å². The van der Waals surface area contributed by atoms with Crippen molar-refractivity contribution in [3.63, 3.8) is 0 Å². The van der Waals surface area contributed by atoms with Crippen LogP contribution in [-0.2, 0) is 23.9 Å². The second kappa shape index (κ2) is 13.9. The first-order chi connectivity index (χ1) is 22.1. The third-order valence-corrected chi connectivity index (χ3v) is 11.0. The number of alkyl carbamates (subject to hydrolysis) is 1. The Kier molecular flexibility index (Phi) is 10.8. The molecule has 1 aliphatic heterocycles. The molecule has 0 radical (unpaired) electrons. The summed E-state index contributed by atoms with van der Waals surface area (Å²) in [6.07, 6.45) is 6.73. The molecule has 0 bridgehead atoms. The third-order valence-electron chi connectivity index (χ3n) is 11.0. The minimum absolute atomic E-state index is 0.0769.